The number of alkyl carbamates (subject to hydrolysis) is 1. The first-order valence-corrected chi connectivity index (χ1v) is 17.5. The van der Waals surface area contributed by atoms with E-state index in [0.717, 1.165) is 59.5 Å². The molecule has 0 saturated heterocycles. The molecular formula is C30H41F6N3O6S2. The number of pyridine rings is 1. The molecule has 17 heteroatoms. The van der Waals surface area contributed by atoms with Gasteiger partial charge in [0, 0.05) is 18.1 Å². The Labute approximate surface area is 272 Å². The molecule has 1 heterocycles. The summed E-state index contributed by atoms with van der Waals surface area (Å²) in [5.74, 6) is 0. The Hall–Kier alpha value is -3.18. The number of allylic oxidation sites excluding steroid dienone is 1. The fourth-order valence-electron chi connectivity index (χ4n) is 3.91. The van der Waals surface area contributed by atoms with E-state index >= 15 is 0 Å². The number of nitrogens with one attached hydrogen (secondary N) is 1. The highest BCUT2D eigenvalue weighted by atomic mass is 32.3. The number of hydrogen-bond donors (Lipinski definition) is 1. The van der Waals surface area contributed by atoms with E-state index in [0.29, 0.717) is 6.61 Å². The monoisotopic (exact) mass is 717 g/mol. The molecule has 2 aromatic rings. The number of carbonyl (C=O) groups is 1. The highest BCUT2D eigenvalue weighted by Crippen LogP contribution is 2.36. The van der Waals surface area contributed by atoms with Gasteiger partial charge in [0.1, 0.15) is 6.54 Å². The number of ether oxygens (including phenoxy) is 1. The summed E-state index contributed by atoms with van der Waals surface area (Å²) in [6.45, 7) is 13.7. The van der Waals surface area contributed by atoms with Crippen LogP contribution >= 0.6 is 0 Å². The zero-order valence-corrected chi connectivity index (χ0v) is 28.3. The maximum atomic E-state index is 12.3. The van der Waals surface area contributed by atoms with Crippen molar-refractivity contribution in [2.45, 2.75) is 95.7 Å². The van der Waals surface area contributed by atoms with Crippen molar-refractivity contribution in [3.8, 4) is 0 Å². The maximum absolute atomic E-state index is 12.3. The number of nitrogens with zero attached hydrogens (tertiary/aromatic N) is 2. The SMILES string of the molecule is C=C(C)c1cccc(C(C)(C)NC(=O)OCCCCCC[n+]2cccc(CCCC)c2)c1.O=S(=O)([N-]S(=O)(=O)C(F)(F)F)C(F)(F)F. The van der Waals surface area contributed by atoms with Crippen LogP contribution < -0.4 is 9.88 Å². The van der Waals surface area contributed by atoms with Crippen molar-refractivity contribution in [3.05, 3.63) is 76.2 Å². The molecule has 1 aromatic carbocycles. The standard InChI is InChI=1S/C28H40N2O2.C2F6NO4S2/c1-6-7-14-24-15-13-19-30(22-24)18-10-8-9-11-20-32-27(31)29-28(4,5)26-17-12-16-25(21-26)23(2)3;3-1(4,5)14(10,11)9-15(12,13)2(6,7)8/h12-13,15-17,19,21-22H,2,6-11,14,18,20H2,1,3-5H3;/q;-1/p+1. The first kappa shape index (κ1) is 41.8. The molecule has 0 aliphatic rings. The smallest absolute Gasteiger partial charge is 0.450 e. The van der Waals surface area contributed by atoms with Crippen LogP contribution in [0, 0.1) is 0 Å². The van der Waals surface area contributed by atoms with Crippen LogP contribution in [-0.4, -0.2) is 40.6 Å². The molecule has 0 unspecified atom stereocenters. The number of halogens is 6. The Morgan fingerprint density at radius 1 is 0.915 bits per heavy atom. The van der Waals surface area contributed by atoms with Gasteiger partial charge in [-0.1, -0.05) is 43.7 Å². The minimum Gasteiger partial charge on any atom is -0.450 e. The molecule has 1 amide bonds. The van der Waals surface area contributed by atoms with Crippen molar-refractivity contribution >= 4 is 31.7 Å². The summed E-state index contributed by atoms with van der Waals surface area (Å²) in [5, 5.41) is 2.99. The summed E-state index contributed by atoms with van der Waals surface area (Å²) in [6, 6.07) is 12.5. The predicted octanol–water partition coefficient (Wildman–Crippen LogP) is 7.63. The Morgan fingerprint density at radius 3 is 2.06 bits per heavy atom. The van der Waals surface area contributed by atoms with E-state index in [1.807, 2.05) is 39.0 Å². The van der Waals surface area contributed by atoms with Crippen molar-refractivity contribution in [2.75, 3.05) is 6.61 Å². The molecule has 0 aliphatic carbocycles. The second kappa shape index (κ2) is 17.8. The van der Waals surface area contributed by atoms with Crippen molar-refractivity contribution in [3.63, 3.8) is 0 Å². The van der Waals surface area contributed by atoms with E-state index in [1.54, 1.807) is 0 Å². The van der Waals surface area contributed by atoms with E-state index in [9.17, 15) is 48.0 Å². The zero-order valence-electron chi connectivity index (χ0n) is 26.6. The fraction of sp³-hybridized carbons (Fsp3) is 0.533. The number of alkyl halides is 6. The van der Waals surface area contributed by atoms with Gasteiger partial charge in [-0.3, -0.25) is 0 Å². The molecule has 0 aliphatic heterocycles. The largest absolute Gasteiger partial charge is 0.480 e. The second-order valence-corrected chi connectivity index (χ2v) is 14.6. The van der Waals surface area contributed by atoms with Gasteiger partial charge >= 0.3 is 17.1 Å². The van der Waals surface area contributed by atoms with Crippen molar-refractivity contribution in [2.24, 2.45) is 0 Å². The molecule has 47 heavy (non-hydrogen) atoms. The Bertz CT molecular complexity index is 1500. The van der Waals surface area contributed by atoms with Crippen LogP contribution in [0.25, 0.3) is 9.70 Å². The third-order valence-corrected chi connectivity index (χ3v) is 9.30. The van der Waals surface area contributed by atoms with Crippen LogP contribution in [0.2, 0.25) is 0 Å². The second-order valence-electron chi connectivity index (χ2n) is 11.1. The van der Waals surface area contributed by atoms with Gasteiger partial charge in [-0.2, -0.15) is 26.3 Å². The lowest BCUT2D eigenvalue weighted by Crippen LogP contribution is -2.41. The number of carbonyl (C=O) groups excluding carboxylic acids is 1. The van der Waals surface area contributed by atoms with Crippen LogP contribution in [0.3, 0.4) is 0 Å². The normalized spacial score (nSPS) is 12.6. The molecule has 2 rings (SSSR count). The van der Waals surface area contributed by atoms with Gasteiger partial charge in [-0.05, 0) is 76.1 Å². The van der Waals surface area contributed by atoms with Crippen molar-refractivity contribution in [1.82, 2.24) is 5.32 Å². The number of unbranched alkanes of at least 4 members (excludes halogenated alkanes) is 4. The molecule has 0 saturated carbocycles. The maximum Gasteiger partial charge on any atom is 0.480 e. The summed E-state index contributed by atoms with van der Waals surface area (Å²) in [5.41, 5.74) is -8.37. The van der Waals surface area contributed by atoms with E-state index in [-0.39, 0.29) is 6.09 Å². The summed E-state index contributed by atoms with van der Waals surface area (Å²) in [6.07, 6.45) is 11.9. The third kappa shape index (κ3) is 14.6. The molecule has 266 valence electrons. The minimum atomic E-state index is -6.72. The lowest BCUT2D eigenvalue weighted by molar-refractivity contribution is -0.697. The first-order valence-electron chi connectivity index (χ1n) is 14.6. The number of benzene rings is 1. The highest BCUT2D eigenvalue weighted by molar-refractivity contribution is 8.13. The van der Waals surface area contributed by atoms with E-state index < -0.39 is 36.6 Å². The predicted molar refractivity (Wildman–Crippen MR) is 166 cm³/mol. The van der Waals surface area contributed by atoms with Crippen LogP contribution in [-0.2, 0) is 43.3 Å². The highest BCUT2D eigenvalue weighted by Gasteiger charge is 2.47. The van der Waals surface area contributed by atoms with Gasteiger partial charge < -0.3 is 14.2 Å². The minimum absolute atomic E-state index is 0.366. The fourth-order valence-corrected chi connectivity index (χ4v) is 5.62. The lowest BCUT2D eigenvalue weighted by Gasteiger charge is -2.27. The van der Waals surface area contributed by atoms with E-state index in [1.165, 1.54) is 18.4 Å². The van der Waals surface area contributed by atoms with Gasteiger partial charge in [0.2, 0.25) is 0 Å². The molecule has 0 atom stereocenters. The molecule has 0 spiro atoms. The van der Waals surface area contributed by atoms with Gasteiger partial charge in [0.25, 0.3) is 0 Å². The van der Waals surface area contributed by atoms with E-state index in [4.69, 9.17) is 4.74 Å². The molecule has 1 N–H and O–H groups in total. The Kier molecular flexibility index (Phi) is 15.9. The Morgan fingerprint density at radius 2 is 1.51 bits per heavy atom. The third-order valence-electron chi connectivity index (χ3n) is 6.56. The number of aryl methyl sites for hydroxylation is 2. The van der Waals surface area contributed by atoms with Gasteiger partial charge in [0.05, 0.1) is 12.1 Å². The summed E-state index contributed by atoms with van der Waals surface area (Å²) >= 11 is 0. The number of sulfonamides is 2. The molecule has 0 fully saturated rings. The summed E-state index contributed by atoms with van der Waals surface area (Å²) in [4.78, 5) is 12.3. The number of rotatable bonds is 15. The number of amides is 1. The summed E-state index contributed by atoms with van der Waals surface area (Å²) < 4.78 is 117. The first-order chi connectivity index (χ1) is 21.5. The van der Waals surface area contributed by atoms with Crippen molar-refractivity contribution < 1.29 is 57.3 Å². The van der Waals surface area contributed by atoms with Crippen LogP contribution in [0.4, 0.5) is 31.1 Å². The van der Waals surface area contributed by atoms with Crippen molar-refractivity contribution in [1.29, 1.82) is 0 Å². The topological polar surface area (TPSA) is 125 Å². The average Bonchev–Trinajstić information content (AvgIpc) is 2.94. The molecule has 0 radical (unpaired) electrons. The van der Waals surface area contributed by atoms with Gasteiger partial charge in [0.15, 0.2) is 32.4 Å². The van der Waals surface area contributed by atoms with Gasteiger partial charge in [-0.25, -0.2) is 26.2 Å². The summed E-state index contributed by atoms with van der Waals surface area (Å²) in [7, 11) is -13.4. The van der Waals surface area contributed by atoms with Crippen LogP contribution in [0.5, 0.6) is 0 Å². The number of aromatic nitrogens is 1. The lowest BCUT2D eigenvalue weighted by atomic mass is 9.92. The molecule has 0 bridgehead atoms. The average molecular weight is 718 g/mol. The zero-order chi connectivity index (χ0) is 36.1. The van der Waals surface area contributed by atoms with Crippen LogP contribution in [0.15, 0.2) is 55.4 Å². The number of hydrogen-bond acceptors (Lipinski definition) is 6. The quantitative estimate of drug-likeness (QED) is 0.115. The molecule has 1 aromatic heterocycles. The molecule has 9 nitrogen and oxygen atoms in total. The van der Waals surface area contributed by atoms with E-state index in [2.05, 4.69) is 54.0 Å². The Balaban J connectivity index is 0.000000620. The molecular weight excluding hydrogens is 676 g/mol. The van der Waals surface area contributed by atoms with Gasteiger partial charge in [-0.15, -0.1) is 0 Å². The van der Waals surface area contributed by atoms with Crippen LogP contribution in [0.1, 0.15) is 82.9 Å².